The summed E-state index contributed by atoms with van der Waals surface area (Å²) in [5.74, 6) is -0.462. The number of aromatic nitrogens is 1. The van der Waals surface area contributed by atoms with Gasteiger partial charge in [-0.1, -0.05) is 0 Å². The largest absolute Gasteiger partial charge is 0.321 e. The Morgan fingerprint density at radius 1 is 1.24 bits per heavy atom. The van der Waals surface area contributed by atoms with E-state index in [-0.39, 0.29) is 18.2 Å². The molecular formula is C14H12N4O2S. The van der Waals surface area contributed by atoms with Gasteiger partial charge < -0.3 is 5.32 Å². The van der Waals surface area contributed by atoms with E-state index in [1.807, 2.05) is 29.6 Å². The normalized spacial score (nSPS) is 14.3. The van der Waals surface area contributed by atoms with Crippen LogP contribution in [0.5, 0.6) is 0 Å². The van der Waals surface area contributed by atoms with Crippen LogP contribution in [0.3, 0.4) is 0 Å². The maximum absolute atomic E-state index is 12.0. The number of carbonyl (C=O) groups is 2. The molecule has 21 heavy (non-hydrogen) atoms. The molecule has 0 bridgehead atoms. The molecule has 0 saturated heterocycles. The van der Waals surface area contributed by atoms with Crippen molar-refractivity contribution >= 4 is 34.6 Å². The van der Waals surface area contributed by atoms with Crippen molar-refractivity contribution in [1.82, 2.24) is 10.4 Å². The first-order valence-electron chi connectivity index (χ1n) is 6.39. The third-order valence-corrected chi connectivity index (χ3v) is 3.81. The quantitative estimate of drug-likeness (QED) is 0.909. The zero-order chi connectivity index (χ0) is 14.7. The summed E-state index contributed by atoms with van der Waals surface area (Å²) in [4.78, 5) is 27.2. The van der Waals surface area contributed by atoms with Crippen molar-refractivity contribution in [2.24, 2.45) is 5.10 Å². The van der Waals surface area contributed by atoms with Gasteiger partial charge in [-0.25, -0.2) is 10.4 Å². The molecule has 2 aromatic rings. The number of anilines is 1. The number of hydrogen-bond donors (Lipinski definition) is 2. The summed E-state index contributed by atoms with van der Waals surface area (Å²) in [7, 11) is 0. The van der Waals surface area contributed by atoms with Crippen molar-refractivity contribution in [3.63, 3.8) is 0 Å². The summed E-state index contributed by atoms with van der Waals surface area (Å²) in [6, 6.07) is 7.44. The lowest BCUT2D eigenvalue weighted by Crippen LogP contribution is -2.32. The fraction of sp³-hybridized carbons (Fsp3) is 0.143. The predicted octanol–water partition coefficient (Wildman–Crippen LogP) is 2.01. The van der Waals surface area contributed by atoms with Crippen LogP contribution in [-0.4, -0.2) is 22.5 Å². The number of thiazole rings is 1. The maximum Gasteiger partial charge on any atom is 0.271 e. The van der Waals surface area contributed by atoms with Crippen molar-refractivity contribution in [3.8, 4) is 10.6 Å². The second-order valence-electron chi connectivity index (χ2n) is 4.46. The molecule has 0 unspecified atom stereocenters. The second-order valence-corrected chi connectivity index (χ2v) is 5.36. The van der Waals surface area contributed by atoms with E-state index in [4.69, 9.17) is 0 Å². The van der Waals surface area contributed by atoms with Gasteiger partial charge in [0.2, 0.25) is 5.91 Å². The summed E-state index contributed by atoms with van der Waals surface area (Å²) >= 11 is 1.56. The molecule has 2 amide bonds. The van der Waals surface area contributed by atoms with E-state index >= 15 is 0 Å². The summed E-state index contributed by atoms with van der Waals surface area (Å²) < 4.78 is 0. The minimum Gasteiger partial charge on any atom is -0.321 e. The highest BCUT2D eigenvalue weighted by Gasteiger charge is 2.18. The molecule has 2 heterocycles. The number of rotatable bonds is 3. The molecular weight excluding hydrogens is 288 g/mol. The molecule has 0 atom stereocenters. The third kappa shape index (κ3) is 3.14. The van der Waals surface area contributed by atoms with Crippen LogP contribution in [0.1, 0.15) is 12.8 Å². The molecule has 1 aliphatic heterocycles. The van der Waals surface area contributed by atoms with Crippen molar-refractivity contribution < 1.29 is 9.59 Å². The van der Waals surface area contributed by atoms with E-state index in [0.717, 1.165) is 10.6 Å². The van der Waals surface area contributed by atoms with Crippen LogP contribution in [0.25, 0.3) is 10.6 Å². The van der Waals surface area contributed by atoms with Crippen LogP contribution in [-0.2, 0) is 9.59 Å². The Morgan fingerprint density at radius 2 is 2.05 bits per heavy atom. The highest BCUT2D eigenvalue weighted by molar-refractivity contribution is 7.13. The van der Waals surface area contributed by atoms with Crippen LogP contribution in [0.2, 0.25) is 0 Å². The number of nitrogens with one attached hydrogen (secondary N) is 2. The molecule has 2 N–H and O–H groups in total. The highest BCUT2D eigenvalue weighted by Crippen LogP contribution is 2.23. The van der Waals surface area contributed by atoms with Crippen molar-refractivity contribution in [2.75, 3.05) is 5.32 Å². The lowest BCUT2D eigenvalue weighted by molar-refractivity contribution is -0.121. The fourth-order valence-electron chi connectivity index (χ4n) is 1.90. The Labute approximate surface area is 124 Å². The molecule has 0 spiro atoms. The van der Waals surface area contributed by atoms with Crippen molar-refractivity contribution in [3.05, 3.63) is 35.8 Å². The summed E-state index contributed by atoms with van der Waals surface area (Å²) in [6.45, 7) is 0. The smallest absolute Gasteiger partial charge is 0.271 e. The van der Waals surface area contributed by atoms with Crippen LogP contribution >= 0.6 is 11.3 Å². The summed E-state index contributed by atoms with van der Waals surface area (Å²) in [6.07, 6.45) is 2.40. The molecule has 0 fully saturated rings. The SMILES string of the molecule is O=C1CCC(C(=O)Nc2ccc(-c3nccs3)cc2)=NN1. The minimum atomic E-state index is -0.294. The van der Waals surface area contributed by atoms with E-state index < -0.39 is 0 Å². The van der Waals surface area contributed by atoms with Crippen molar-refractivity contribution in [2.45, 2.75) is 12.8 Å². The molecule has 106 valence electrons. The van der Waals surface area contributed by atoms with E-state index in [1.54, 1.807) is 17.5 Å². The topological polar surface area (TPSA) is 83.5 Å². The maximum atomic E-state index is 12.0. The molecule has 0 aliphatic carbocycles. The number of hydrazone groups is 1. The highest BCUT2D eigenvalue weighted by atomic mass is 32.1. The number of carbonyl (C=O) groups excluding carboxylic acids is 2. The van der Waals surface area contributed by atoms with Crippen LogP contribution in [0.4, 0.5) is 5.69 Å². The zero-order valence-electron chi connectivity index (χ0n) is 11.0. The molecule has 3 rings (SSSR count). The Bertz CT molecular complexity index is 692. The van der Waals surface area contributed by atoms with Crippen LogP contribution in [0.15, 0.2) is 40.9 Å². The molecule has 1 aliphatic rings. The first-order valence-corrected chi connectivity index (χ1v) is 7.27. The standard InChI is InChI=1S/C14H12N4O2S/c19-12-6-5-11(17-18-12)13(20)16-10-3-1-9(2-4-10)14-15-7-8-21-14/h1-4,7-8H,5-6H2,(H,16,20)(H,18,19). The predicted molar refractivity (Wildman–Crippen MR) is 81.0 cm³/mol. The first kappa shape index (κ1) is 13.4. The first-order chi connectivity index (χ1) is 10.2. The lowest BCUT2D eigenvalue weighted by Gasteiger charge is -2.12. The van der Waals surface area contributed by atoms with Crippen molar-refractivity contribution in [1.29, 1.82) is 0 Å². The van der Waals surface area contributed by atoms with Crippen LogP contribution < -0.4 is 10.7 Å². The van der Waals surface area contributed by atoms with Gasteiger partial charge >= 0.3 is 0 Å². The average Bonchev–Trinajstić information content (AvgIpc) is 3.03. The van der Waals surface area contributed by atoms with E-state index in [9.17, 15) is 9.59 Å². The summed E-state index contributed by atoms with van der Waals surface area (Å²) in [5.41, 5.74) is 4.33. The average molecular weight is 300 g/mol. The fourth-order valence-corrected chi connectivity index (χ4v) is 2.55. The molecule has 1 aromatic carbocycles. The Morgan fingerprint density at radius 3 is 2.67 bits per heavy atom. The van der Waals surface area contributed by atoms with Gasteiger partial charge in [-0.15, -0.1) is 11.3 Å². The third-order valence-electron chi connectivity index (χ3n) is 2.99. The number of benzene rings is 1. The molecule has 6 nitrogen and oxygen atoms in total. The van der Waals surface area contributed by atoms with E-state index in [0.29, 0.717) is 17.8 Å². The van der Waals surface area contributed by atoms with Gasteiger partial charge in [0.05, 0.1) is 0 Å². The van der Waals surface area contributed by atoms with E-state index in [2.05, 4.69) is 20.8 Å². The Hall–Kier alpha value is -2.54. The number of amides is 2. The van der Waals surface area contributed by atoms with Gasteiger partial charge in [-0.3, -0.25) is 9.59 Å². The summed E-state index contributed by atoms with van der Waals surface area (Å²) in [5, 5.41) is 9.38. The van der Waals surface area contributed by atoms with Gasteiger partial charge in [-0.05, 0) is 24.3 Å². The lowest BCUT2D eigenvalue weighted by atomic mass is 10.1. The molecule has 1 aromatic heterocycles. The van der Waals surface area contributed by atoms with Crippen LogP contribution in [0, 0.1) is 0 Å². The van der Waals surface area contributed by atoms with E-state index in [1.165, 1.54) is 0 Å². The zero-order valence-corrected chi connectivity index (χ0v) is 11.8. The number of nitrogens with zero attached hydrogens (tertiary/aromatic N) is 2. The Kier molecular flexibility index (Phi) is 3.74. The van der Waals surface area contributed by atoms with Gasteiger partial charge in [-0.2, -0.15) is 5.10 Å². The van der Waals surface area contributed by atoms with Gasteiger partial charge in [0.1, 0.15) is 10.7 Å². The minimum absolute atomic E-state index is 0.167. The monoisotopic (exact) mass is 300 g/mol. The molecule has 0 saturated carbocycles. The number of hydrogen-bond acceptors (Lipinski definition) is 5. The van der Waals surface area contributed by atoms with Gasteiger partial charge in [0.25, 0.3) is 5.91 Å². The molecule has 7 heteroatoms. The van der Waals surface area contributed by atoms with Gasteiger partial charge in [0.15, 0.2) is 0 Å². The molecule has 0 radical (unpaired) electrons. The second kappa shape index (κ2) is 5.84. The Balaban J connectivity index is 1.68. The van der Waals surface area contributed by atoms with Gasteiger partial charge in [0, 0.05) is 35.7 Å².